The Kier molecular flexibility index (Phi) is 4.67. The van der Waals surface area contributed by atoms with Crippen LogP contribution in [0.3, 0.4) is 0 Å². The molecule has 1 fully saturated rings. The van der Waals surface area contributed by atoms with Crippen LogP contribution < -0.4 is 5.56 Å². The van der Waals surface area contributed by atoms with Gasteiger partial charge in [-0.2, -0.15) is 0 Å². The van der Waals surface area contributed by atoms with Crippen molar-refractivity contribution in [3.8, 4) is 0 Å². The van der Waals surface area contributed by atoms with E-state index in [-0.39, 0.29) is 23.1 Å². The minimum absolute atomic E-state index is 0.184. The van der Waals surface area contributed by atoms with Gasteiger partial charge >= 0.3 is 0 Å². The lowest BCUT2D eigenvalue weighted by Gasteiger charge is -2.32. The predicted octanol–water partition coefficient (Wildman–Crippen LogP) is 1.31. The maximum absolute atomic E-state index is 12.8. The second kappa shape index (κ2) is 6.76. The maximum atomic E-state index is 12.8. The zero-order chi connectivity index (χ0) is 18.1. The summed E-state index contributed by atoms with van der Waals surface area (Å²) >= 11 is 0. The number of pyridine rings is 1. The molecule has 1 amide bonds. The van der Waals surface area contributed by atoms with Crippen molar-refractivity contribution in [3.05, 3.63) is 57.0 Å². The molecule has 0 saturated carbocycles. The molecule has 1 saturated heterocycles. The van der Waals surface area contributed by atoms with Gasteiger partial charge < -0.3 is 14.2 Å². The van der Waals surface area contributed by atoms with Crippen LogP contribution in [0, 0.1) is 20.8 Å². The van der Waals surface area contributed by atoms with Crippen LogP contribution in [0.4, 0.5) is 0 Å². The van der Waals surface area contributed by atoms with Crippen LogP contribution in [0.15, 0.2) is 23.0 Å². The molecule has 132 valence electrons. The average Bonchev–Trinajstić information content (AvgIpc) is 2.58. The van der Waals surface area contributed by atoms with Crippen LogP contribution in [0.25, 0.3) is 0 Å². The Balaban J connectivity index is 1.85. The van der Waals surface area contributed by atoms with Crippen molar-refractivity contribution in [1.29, 1.82) is 0 Å². The summed E-state index contributed by atoms with van der Waals surface area (Å²) < 4.78 is 7.28. The quantitative estimate of drug-likeness (QED) is 0.822. The standard InChI is InChI=1S/C18H22N4O3/c1-11-9-15(20-13(3)19-11)16-10-22(7-8-25-16)18(24)14-6-5-12(2)21(4)17(14)23/h5-6,9,16H,7-8,10H2,1-4H3/t16-/m0/s1. The first-order valence-corrected chi connectivity index (χ1v) is 8.26. The molecule has 1 aliphatic heterocycles. The molecule has 25 heavy (non-hydrogen) atoms. The monoisotopic (exact) mass is 342 g/mol. The van der Waals surface area contributed by atoms with Crippen LogP contribution in [0.2, 0.25) is 0 Å². The molecule has 1 aliphatic rings. The Morgan fingerprint density at radius 3 is 2.72 bits per heavy atom. The highest BCUT2D eigenvalue weighted by atomic mass is 16.5. The third-order valence-corrected chi connectivity index (χ3v) is 4.46. The number of ether oxygens (including phenoxy) is 1. The molecule has 1 atom stereocenters. The molecule has 0 radical (unpaired) electrons. The molecule has 7 heteroatoms. The Labute approximate surface area is 146 Å². The molecule has 0 bridgehead atoms. The number of rotatable bonds is 2. The van der Waals surface area contributed by atoms with Crippen molar-refractivity contribution in [2.75, 3.05) is 19.7 Å². The Morgan fingerprint density at radius 1 is 1.24 bits per heavy atom. The highest BCUT2D eigenvalue weighted by Gasteiger charge is 2.28. The van der Waals surface area contributed by atoms with E-state index in [4.69, 9.17) is 4.74 Å². The zero-order valence-electron chi connectivity index (χ0n) is 14.9. The van der Waals surface area contributed by atoms with Crippen LogP contribution in [-0.4, -0.2) is 45.0 Å². The average molecular weight is 342 g/mol. The molecule has 2 aromatic heterocycles. The molecule has 3 heterocycles. The number of hydrogen-bond acceptors (Lipinski definition) is 5. The van der Waals surface area contributed by atoms with Gasteiger partial charge in [0.05, 0.1) is 18.8 Å². The van der Waals surface area contributed by atoms with E-state index < -0.39 is 0 Å². The van der Waals surface area contributed by atoms with Gasteiger partial charge in [0.25, 0.3) is 11.5 Å². The largest absolute Gasteiger partial charge is 0.368 e. The summed E-state index contributed by atoms with van der Waals surface area (Å²) in [6, 6.07) is 5.25. The van der Waals surface area contributed by atoms with E-state index in [1.54, 1.807) is 24.1 Å². The number of aryl methyl sites for hydroxylation is 3. The summed E-state index contributed by atoms with van der Waals surface area (Å²) in [5, 5.41) is 0. The molecule has 0 aromatic carbocycles. The minimum Gasteiger partial charge on any atom is -0.368 e. The van der Waals surface area contributed by atoms with Gasteiger partial charge in [-0.15, -0.1) is 0 Å². The second-order valence-electron chi connectivity index (χ2n) is 6.34. The maximum Gasteiger partial charge on any atom is 0.263 e. The van der Waals surface area contributed by atoms with E-state index >= 15 is 0 Å². The van der Waals surface area contributed by atoms with E-state index in [9.17, 15) is 9.59 Å². The molecular weight excluding hydrogens is 320 g/mol. The van der Waals surface area contributed by atoms with Crippen molar-refractivity contribution in [2.24, 2.45) is 7.05 Å². The van der Waals surface area contributed by atoms with Gasteiger partial charge in [-0.3, -0.25) is 9.59 Å². The second-order valence-corrected chi connectivity index (χ2v) is 6.34. The van der Waals surface area contributed by atoms with Crippen LogP contribution in [-0.2, 0) is 11.8 Å². The van der Waals surface area contributed by atoms with Gasteiger partial charge in [-0.05, 0) is 39.0 Å². The summed E-state index contributed by atoms with van der Waals surface area (Å²) in [5.74, 6) is 0.408. The van der Waals surface area contributed by atoms with Gasteiger partial charge in [0.2, 0.25) is 0 Å². The smallest absolute Gasteiger partial charge is 0.263 e. The number of aromatic nitrogens is 3. The van der Waals surface area contributed by atoms with Gasteiger partial charge in [0.15, 0.2) is 0 Å². The number of nitrogens with zero attached hydrogens (tertiary/aromatic N) is 4. The lowest BCUT2D eigenvalue weighted by atomic mass is 10.1. The Hall–Kier alpha value is -2.54. The summed E-state index contributed by atoms with van der Waals surface area (Å²) in [6.07, 6.45) is -0.313. The highest BCUT2D eigenvalue weighted by molar-refractivity contribution is 5.94. The normalized spacial score (nSPS) is 17.6. The number of hydrogen-bond donors (Lipinski definition) is 0. The fourth-order valence-electron chi connectivity index (χ4n) is 2.98. The first kappa shape index (κ1) is 17.3. The summed E-state index contributed by atoms with van der Waals surface area (Å²) in [6.45, 7) is 6.80. The Morgan fingerprint density at radius 2 is 2.00 bits per heavy atom. The molecule has 0 unspecified atom stereocenters. The Bertz CT molecular complexity index is 855. The van der Waals surface area contributed by atoms with Crippen LogP contribution in [0.5, 0.6) is 0 Å². The summed E-state index contributed by atoms with van der Waals surface area (Å²) in [4.78, 5) is 35.6. The molecule has 0 aliphatic carbocycles. The van der Waals surface area contributed by atoms with Gasteiger partial charge in [-0.25, -0.2) is 9.97 Å². The highest BCUT2D eigenvalue weighted by Crippen LogP contribution is 2.22. The first-order valence-electron chi connectivity index (χ1n) is 8.26. The molecule has 2 aromatic rings. The van der Waals surface area contributed by atoms with Crippen molar-refractivity contribution in [3.63, 3.8) is 0 Å². The predicted molar refractivity (Wildman–Crippen MR) is 92.5 cm³/mol. The zero-order valence-corrected chi connectivity index (χ0v) is 14.9. The molecule has 3 rings (SSSR count). The molecule has 7 nitrogen and oxygen atoms in total. The van der Waals surface area contributed by atoms with E-state index in [1.807, 2.05) is 26.8 Å². The van der Waals surface area contributed by atoms with Crippen LogP contribution >= 0.6 is 0 Å². The lowest BCUT2D eigenvalue weighted by molar-refractivity contribution is -0.0249. The first-order chi connectivity index (χ1) is 11.9. The molecule has 0 spiro atoms. The summed E-state index contributed by atoms with van der Waals surface area (Å²) in [7, 11) is 1.67. The minimum atomic E-state index is -0.313. The third-order valence-electron chi connectivity index (χ3n) is 4.46. The third kappa shape index (κ3) is 3.46. The SMILES string of the molecule is Cc1cc([C@@H]2CN(C(=O)c3ccc(C)n(C)c3=O)CCO2)nc(C)n1. The number of carbonyl (C=O) groups is 1. The van der Waals surface area contributed by atoms with E-state index in [1.165, 1.54) is 4.57 Å². The van der Waals surface area contributed by atoms with Crippen LogP contribution in [0.1, 0.15) is 39.4 Å². The summed E-state index contributed by atoms with van der Waals surface area (Å²) in [5.41, 5.74) is 2.35. The van der Waals surface area contributed by atoms with Crippen molar-refractivity contribution < 1.29 is 9.53 Å². The van der Waals surface area contributed by atoms with E-state index in [0.29, 0.717) is 25.5 Å². The fourth-order valence-corrected chi connectivity index (χ4v) is 2.98. The van der Waals surface area contributed by atoms with Gasteiger partial charge in [-0.1, -0.05) is 0 Å². The molecular formula is C18H22N4O3. The van der Waals surface area contributed by atoms with Gasteiger partial charge in [0.1, 0.15) is 17.5 Å². The number of amides is 1. The van der Waals surface area contributed by atoms with E-state index in [2.05, 4.69) is 9.97 Å². The lowest BCUT2D eigenvalue weighted by Crippen LogP contribution is -2.44. The topological polar surface area (TPSA) is 77.3 Å². The van der Waals surface area contributed by atoms with Crippen molar-refractivity contribution in [2.45, 2.75) is 26.9 Å². The van der Waals surface area contributed by atoms with Crippen molar-refractivity contribution in [1.82, 2.24) is 19.4 Å². The van der Waals surface area contributed by atoms with Crippen molar-refractivity contribution >= 4 is 5.91 Å². The van der Waals surface area contributed by atoms with E-state index in [0.717, 1.165) is 17.1 Å². The number of morpholine rings is 1. The molecule has 0 N–H and O–H groups in total. The number of carbonyl (C=O) groups excluding carboxylic acids is 1. The fraction of sp³-hybridized carbons (Fsp3) is 0.444. The van der Waals surface area contributed by atoms with Gasteiger partial charge in [0, 0.05) is 25.0 Å².